The highest BCUT2D eigenvalue weighted by atomic mass is 127. The molecule has 6 N–H and O–H groups in total. The number of nitrogens with one attached hydrogen (secondary N) is 4. The molecule has 0 saturated carbocycles. The van der Waals surface area contributed by atoms with Gasteiger partial charge in [-0.15, -0.1) is 0 Å². The van der Waals surface area contributed by atoms with E-state index in [0.29, 0.717) is 3.57 Å². The van der Waals surface area contributed by atoms with E-state index in [-0.39, 0.29) is 57.8 Å². The first kappa shape index (κ1) is 32.6. The minimum absolute atomic E-state index is 0.000972. The van der Waals surface area contributed by atoms with Crippen LogP contribution in [0.15, 0.2) is 41.2 Å². The number of aliphatic hydroxyl groups excluding tert-OH is 2. The lowest BCUT2D eigenvalue weighted by atomic mass is 10.1. The summed E-state index contributed by atoms with van der Waals surface area (Å²) in [6.07, 6.45) is -1.05. The van der Waals surface area contributed by atoms with Gasteiger partial charge in [0, 0.05) is 24.2 Å². The summed E-state index contributed by atoms with van der Waals surface area (Å²) in [5.41, 5.74) is -0.842. The number of rotatable bonds is 12. The van der Waals surface area contributed by atoms with Gasteiger partial charge in [0.05, 0.1) is 29.6 Å². The Morgan fingerprint density at radius 1 is 1.24 bits per heavy atom. The maximum absolute atomic E-state index is 14.8. The van der Waals surface area contributed by atoms with Gasteiger partial charge < -0.3 is 25.6 Å². The van der Waals surface area contributed by atoms with Crippen LogP contribution in [0.4, 0.5) is 21.6 Å². The molecule has 222 valence electrons. The highest BCUT2D eigenvalue weighted by Gasteiger charge is 2.27. The van der Waals surface area contributed by atoms with Gasteiger partial charge in [0.1, 0.15) is 28.0 Å². The summed E-state index contributed by atoms with van der Waals surface area (Å²) in [6.45, 7) is 0.857. The van der Waals surface area contributed by atoms with E-state index in [1.54, 1.807) is 6.07 Å². The number of anilines is 3. The van der Waals surface area contributed by atoms with Crippen LogP contribution in [0.3, 0.4) is 0 Å². The highest BCUT2D eigenvalue weighted by Crippen LogP contribution is 2.39. The molecule has 16 heteroatoms. The van der Waals surface area contributed by atoms with Crippen molar-refractivity contribution in [1.82, 2.24) is 14.6 Å². The second kappa shape index (κ2) is 13.8. The topological polar surface area (TPSA) is 171 Å². The zero-order valence-electron chi connectivity index (χ0n) is 22.1. The summed E-state index contributed by atoms with van der Waals surface area (Å²) in [6, 6.07) is 8.56. The van der Waals surface area contributed by atoms with Crippen molar-refractivity contribution in [1.29, 1.82) is 0 Å². The minimum Gasteiger partial charge on any atom is -0.454 e. The Morgan fingerprint density at radius 2 is 1.95 bits per heavy atom. The van der Waals surface area contributed by atoms with E-state index < -0.39 is 40.2 Å². The number of pyridine rings is 1. The summed E-state index contributed by atoms with van der Waals surface area (Å²) >= 11 is 8.37. The maximum atomic E-state index is 14.8. The van der Waals surface area contributed by atoms with Crippen molar-refractivity contribution < 1.29 is 32.6 Å². The molecule has 0 unspecified atom stereocenters. The van der Waals surface area contributed by atoms with E-state index >= 15 is 0 Å². The molecule has 1 aromatic heterocycles. The largest absolute Gasteiger partial charge is 0.454 e. The Hall–Kier alpha value is -2.96. The Kier molecular flexibility index (Phi) is 11.0. The Morgan fingerprint density at radius 3 is 2.59 bits per heavy atom. The summed E-state index contributed by atoms with van der Waals surface area (Å²) in [7, 11) is -1.35. The van der Waals surface area contributed by atoms with Gasteiger partial charge in [0.2, 0.25) is 0 Å². The summed E-state index contributed by atoms with van der Waals surface area (Å²) in [5.74, 6) is -1.82. The SMILES string of the molecule is CNS(=O)(=O)Nc1cccc(Oc2c(C(=O)NCC[C@@H](O)CO)c(Nc3ccc(I)cc3F)n(C)c(=O)c2C)c1Cl. The number of ether oxygens (including phenoxy) is 1. The fourth-order valence-corrected chi connectivity index (χ4v) is 4.90. The first-order chi connectivity index (χ1) is 19.3. The molecule has 1 atom stereocenters. The Balaban J connectivity index is 2.19. The molecule has 1 amide bonds. The number of aromatic nitrogens is 1. The zero-order chi connectivity index (χ0) is 30.5. The van der Waals surface area contributed by atoms with Crippen LogP contribution >= 0.6 is 34.2 Å². The third-order valence-corrected chi connectivity index (χ3v) is 7.93. The summed E-state index contributed by atoms with van der Waals surface area (Å²) < 4.78 is 50.9. The molecule has 0 aliphatic carbocycles. The molecule has 0 aliphatic rings. The number of benzene rings is 2. The van der Waals surface area contributed by atoms with Gasteiger partial charge in [-0.05, 0) is 66.3 Å². The standard InChI is InChI=1S/C25H28ClFIN5O7S/c1-13-22(40-19-6-4-5-18(21(19)26)32-41(38,39)29-2)20(24(36)30-10-9-15(35)12-34)23(33(3)25(13)37)31-17-8-7-14(28)11-16(17)27/h4-8,11,15,29,31-32,34-35H,9-10,12H2,1-3H3,(H,30,36)/t15-/m1/s1. The van der Waals surface area contributed by atoms with Crippen LogP contribution in [-0.2, 0) is 17.3 Å². The number of halogens is 3. The van der Waals surface area contributed by atoms with Crippen molar-refractivity contribution >= 4 is 67.5 Å². The number of hydrogen-bond donors (Lipinski definition) is 6. The number of carbonyl (C=O) groups excluding carboxylic acids is 1. The second-order valence-corrected chi connectivity index (χ2v) is 11.9. The van der Waals surface area contributed by atoms with E-state index in [1.807, 2.05) is 22.6 Å². The van der Waals surface area contributed by atoms with Crippen molar-refractivity contribution in [2.45, 2.75) is 19.4 Å². The van der Waals surface area contributed by atoms with Gasteiger partial charge in [-0.2, -0.15) is 8.42 Å². The quantitative estimate of drug-likeness (QED) is 0.155. The normalized spacial score (nSPS) is 12.1. The lowest BCUT2D eigenvalue weighted by Gasteiger charge is -2.22. The third-order valence-electron chi connectivity index (χ3n) is 5.84. The van der Waals surface area contributed by atoms with Crippen molar-refractivity contribution in [2.75, 3.05) is 30.2 Å². The smallest absolute Gasteiger partial charge is 0.298 e. The van der Waals surface area contributed by atoms with Crippen LogP contribution in [0.5, 0.6) is 11.5 Å². The van der Waals surface area contributed by atoms with Crippen molar-refractivity contribution in [3.63, 3.8) is 0 Å². The second-order valence-electron chi connectivity index (χ2n) is 8.70. The fraction of sp³-hybridized carbons (Fsp3) is 0.280. The van der Waals surface area contributed by atoms with Crippen LogP contribution in [0.1, 0.15) is 22.3 Å². The number of hydrogen-bond acceptors (Lipinski definition) is 8. The van der Waals surface area contributed by atoms with E-state index in [9.17, 15) is 27.5 Å². The monoisotopic (exact) mass is 723 g/mol. The lowest BCUT2D eigenvalue weighted by Crippen LogP contribution is -2.32. The van der Waals surface area contributed by atoms with Crippen LogP contribution in [0.25, 0.3) is 0 Å². The summed E-state index contributed by atoms with van der Waals surface area (Å²) in [5, 5.41) is 24.0. The molecule has 2 aromatic carbocycles. The fourth-order valence-electron chi connectivity index (χ4n) is 3.62. The minimum atomic E-state index is -3.94. The Labute approximate surface area is 254 Å². The van der Waals surface area contributed by atoms with E-state index in [1.165, 1.54) is 51.4 Å². The van der Waals surface area contributed by atoms with Gasteiger partial charge in [-0.3, -0.25) is 18.9 Å². The lowest BCUT2D eigenvalue weighted by molar-refractivity contribution is 0.0833. The van der Waals surface area contributed by atoms with E-state index in [2.05, 4.69) is 20.1 Å². The van der Waals surface area contributed by atoms with Gasteiger partial charge in [-0.1, -0.05) is 17.7 Å². The highest BCUT2D eigenvalue weighted by molar-refractivity contribution is 14.1. The van der Waals surface area contributed by atoms with Crippen LogP contribution in [0, 0.1) is 16.3 Å². The number of carbonyl (C=O) groups is 1. The molecular weight excluding hydrogens is 696 g/mol. The van der Waals surface area contributed by atoms with Crippen molar-refractivity contribution in [3.8, 4) is 11.5 Å². The van der Waals surface area contributed by atoms with Gasteiger partial charge in [-0.25, -0.2) is 9.11 Å². The molecule has 0 fully saturated rings. The molecule has 0 bridgehead atoms. The molecule has 0 aliphatic heterocycles. The van der Waals surface area contributed by atoms with Gasteiger partial charge in [0.15, 0.2) is 5.75 Å². The molecule has 0 radical (unpaired) electrons. The molecule has 3 rings (SSSR count). The van der Waals surface area contributed by atoms with Gasteiger partial charge >= 0.3 is 0 Å². The predicted octanol–water partition coefficient (Wildman–Crippen LogP) is 2.98. The van der Waals surface area contributed by atoms with E-state index in [4.69, 9.17) is 21.4 Å². The van der Waals surface area contributed by atoms with E-state index in [0.717, 1.165) is 4.57 Å². The number of amides is 1. The molecular formula is C25H28ClFIN5O7S. The number of aliphatic hydroxyl groups is 2. The average Bonchev–Trinajstić information content (AvgIpc) is 2.93. The molecule has 41 heavy (non-hydrogen) atoms. The van der Waals surface area contributed by atoms with Gasteiger partial charge in [0.25, 0.3) is 21.7 Å². The van der Waals surface area contributed by atoms with Crippen LogP contribution < -0.4 is 30.4 Å². The third kappa shape index (κ3) is 7.87. The molecule has 12 nitrogen and oxygen atoms in total. The number of nitrogens with zero attached hydrogens (tertiary/aromatic N) is 1. The van der Waals surface area contributed by atoms with Crippen LogP contribution in [0.2, 0.25) is 5.02 Å². The first-order valence-electron chi connectivity index (χ1n) is 12.0. The predicted molar refractivity (Wildman–Crippen MR) is 162 cm³/mol. The Bertz CT molecular complexity index is 1620. The summed E-state index contributed by atoms with van der Waals surface area (Å²) in [4.78, 5) is 26.8. The van der Waals surface area contributed by atoms with Crippen LogP contribution in [-0.4, -0.2) is 55.4 Å². The van der Waals surface area contributed by atoms with Crippen molar-refractivity contribution in [3.05, 3.63) is 72.3 Å². The molecule has 3 aromatic rings. The molecule has 0 saturated heterocycles. The molecule has 0 spiro atoms. The average molecular weight is 724 g/mol. The zero-order valence-corrected chi connectivity index (χ0v) is 25.8. The van der Waals surface area contributed by atoms with Crippen molar-refractivity contribution in [2.24, 2.45) is 7.05 Å². The first-order valence-corrected chi connectivity index (χ1v) is 14.9. The molecule has 1 heterocycles. The maximum Gasteiger partial charge on any atom is 0.298 e.